The van der Waals surface area contributed by atoms with E-state index in [4.69, 9.17) is 5.73 Å². The maximum absolute atomic E-state index is 12.2. The van der Waals surface area contributed by atoms with Gasteiger partial charge in [-0.15, -0.1) is 0 Å². The summed E-state index contributed by atoms with van der Waals surface area (Å²) in [5, 5.41) is 9.26. The molecule has 0 amide bonds. The van der Waals surface area contributed by atoms with E-state index in [0.29, 0.717) is 6.54 Å². The Morgan fingerprint density at radius 2 is 2.05 bits per heavy atom. The highest BCUT2D eigenvalue weighted by Crippen LogP contribution is 2.31. The smallest absolute Gasteiger partial charge is 0.242 e. The third-order valence-corrected chi connectivity index (χ3v) is 5.84. The van der Waals surface area contributed by atoms with Gasteiger partial charge in [0.05, 0.1) is 5.69 Å². The number of sulfonamides is 1. The molecular formula is C13H19BrN2O3S. The molecule has 2 atom stereocenters. The van der Waals surface area contributed by atoms with Gasteiger partial charge in [-0.2, -0.15) is 0 Å². The largest absolute Gasteiger partial charge is 0.398 e. The number of aliphatic hydroxyl groups is 1. The van der Waals surface area contributed by atoms with Gasteiger partial charge in [0.2, 0.25) is 10.0 Å². The number of hydrogen-bond acceptors (Lipinski definition) is 4. The summed E-state index contributed by atoms with van der Waals surface area (Å²) < 4.78 is 27.8. The van der Waals surface area contributed by atoms with Gasteiger partial charge in [-0.05, 0) is 42.9 Å². The minimum Gasteiger partial charge on any atom is -0.398 e. The zero-order chi connectivity index (χ0) is 14.8. The Labute approximate surface area is 127 Å². The lowest BCUT2D eigenvalue weighted by molar-refractivity contribution is 0.195. The average molecular weight is 363 g/mol. The monoisotopic (exact) mass is 362 g/mol. The molecule has 1 aliphatic carbocycles. The van der Waals surface area contributed by atoms with Crippen molar-refractivity contribution in [3.8, 4) is 0 Å². The highest BCUT2D eigenvalue weighted by molar-refractivity contribution is 9.10. The number of nitrogens with two attached hydrogens (primary N) is 1. The molecule has 0 bridgehead atoms. The van der Waals surface area contributed by atoms with E-state index in [0.717, 1.165) is 23.7 Å². The van der Waals surface area contributed by atoms with Crippen LogP contribution in [0.4, 0.5) is 5.69 Å². The first kappa shape index (κ1) is 15.8. The summed E-state index contributed by atoms with van der Waals surface area (Å²) in [4.78, 5) is 0.0965. The number of nitrogen functional groups attached to an aromatic ring is 1. The third kappa shape index (κ3) is 3.52. The first-order chi connectivity index (χ1) is 9.44. The summed E-state index contributed by atoms with van der Waals surface area (Å²) in [5.74, 6) is 0.395. The fraction of sp³-hybridized carbons (Fsp3) is 0.538. The summed E-state index contributed by atoms with van der Waals surface area (Å²) in [7, 11) is -3.60. The van der Waals surface area contributed by atoms with Crippen LogP contribution in [0, 0.1) is 11.8 Å². The Morgan fingerprint density at radius 3 is 2.70 bits per heavy atom. The number of halogens is 1. The number of anilines is 1. The fourth-order valence-corrected chi connectivity index (χ4v) is 4.27. The van der Waals surface area contributed by atoms with E-state index in [1.165, 1.54) is 6.07 Å². The standard InChI is InChI=1S/C13H19BrN2O3S/c14-11-4-5-13(12(15)6-11)20(18,19)16-7-9-2-1-3-10(9)8-17/h4-6,9-10,16-17H,1-3,7-8,15H2. The van der Waals surface area contributed by atoms with Crippen molar-refractivity contribution in [3.63, 3.8) is 0 Å². The summed E-state index contributed by atoms with van der Waals surface area (Å²) >= 11 is 3.25. The van der Waals surface area contributed by atoms with E-state index >= 15 is 0 Å². The molecule has 4 N–H and O–H groups in total. The van der Waals surface area contributed by atoms with Crippen molar-refractivity contribution < 1.29 is 13.5 Å². The zero-order valence-corrected chi connectivity index (χ0v) is 13.5. The van der Waals surface area contributed by atoms with Gasteiger partial charge in [-0.25, -0.2) is 13.1 Å². The van der Waals surface area contributed by atoms with Crippen LogP contribution in [-0.4, -0.2) is 26.7 Å². The van der Waals surface area contributed by atoms with Crippen LogP contribution in [-0.2, 0) is 10.0 Å². The van der Waals surface area contributed by atoms with Gasteiger partial charge in [0, 0.05) is 17.6 Å². The van der Waals surface area contributed by atoms with Crippen LogP contribution in [0.1, 0.15) is 19.3 Å². The molecule has 1 fully saturated rings. The second-order valence-electron chi connectivity index (χ2n) is 5.17. The second kappa shape index (κ2) is 6.43. The second-order valence-corrected chi connectivity index (χ2v) is 7.82. The number of rotatable bonds is 5. The molecule has 112 valence electrons. The van der Waals surface area contributed by atoms with Crippen LogP contribution in [0.15, 0.2) is 27.6 Å². The molecule has 7 heteroatoms. The quantitative estimate of drug-likeness (QED) is 0.695. The van der Waals surface area contributed by atoms with Crippen molar-refractivity contribution in [2.75, 3.05) is 18.9 Å². The predicted octanol–water partition coefficient (Wildman–Crippen LogP) is 1.72. The molecule has 2 rings (SSSR count). The molecular weight excluding hydrogens is 344 g/mol. The fourth-order valence-electron chi connectivity index (χ4n) is 2.68. The van der Waals surface area contributed by atoms with Gasteiger partial charge in [0.1, 0.15) is 4.90 Å². The summed E-state index contributed by atoms with van der Waals surface area (Å²) in [6.07, 6.45) is 2.95. The van der Waals surface area contributed by atoms with Crippen LogP contribution in [0.3, 0.4) is 0 Å². The first-order valence-corrected chi connectivity index (χ1v) is 8.87. The normalized spacial score (nSPS) is 23.1. The lowest BCUT2D eigenvalue weighted by Gasteiger charge is -2.18. The summed E-state index contributed by atoms with van der Waals surface area (Å²) in [5.41, 5.74) is 5.97. The maximum Gasteiger partial charge on any atom is 0.242 e. The van der Waals surface area contributed by atoms with E-state index in [9.17, 15) is 13.5 Å². The van der Waals surface area contributed by atoms with Crippen LogP contribution < -0.4 is 10.5 Å². The van der Waals surface area contributed by atoms with E-state index < -0.39 is 10.0 Å². The van der Waals surface area contributed by atoms with Crippen LogP contribution in [0.25, 0.3) is 0 Å². The number of aliphatic hydroxyl groups excluding tert-OH is 1. The van der Waals surface area contributed by atoms with Crippen LogP contribution in [0.5, 0.6) is 0 Å². The van der Waals surface area contributed by atoms with Gasteiger partial charge in [0.25, 0.3) is 0 Å². The van der Waals surface area contributed by atoms with Crippen molar-refractivity contribution in [2.45, 2.75) is 24.2 Å². The van der Waals surface area contributed by atoms with Crippen molar-refractivity contribution in [2.24, 2.45) is 11.8 Å². The molecule has 1 aromatic carbocycles. The van der Waals surface area contributed by atoms with Gasteiger partial charge in [0.15, 0.2) is 0 Å². The first-order valence-electron chi connectivity index (χ1n) is 6.59. The number of nitrogens with one attached hydrogen (secondary N) is 1. The highest BCUT2D eigenvalue weighted by Gasteiger charge is 2.28. The molecule has 2 unspecified atom stereocenters. The van der Waals surface area contributed by atoms with Gasteiger partial charge in [-0.1, -0.05) is 22.4 Å². The Balaban J connectivity index is 2.07. The van der Waals surface area contributed by atoms with Crippen molar-refractivity contribution in [1.82, 2.24) is 4.72 Å². The van der Waals surface area contributed by atoms with E-state index in [2.05, 4.69) is 20.7 Å². The van der Waals surface area contributed by atoms with Gasteiger partial charge < -0.3 is 10.8 Å². The minimum atomic E-state index is -3.60. The predicted molar refractivity (Wildman–Crippen MR) is 81.7 cm³/mol. The zero-order valence-electron chi connectivity index (χ0n) is 11.0. The molecule has 0 aromatic heterocycles. The van der Waals surface area contributed by atoms with E-state index in [1.54, 1.807) is 12.1 Å². The Bertz CT molecular complexity index is 577. The molecule has 5 nitrogen and oxygen atoms in total. The highest BCUT2D eigenvalue weighted by atomic mass is 79.9. The average Bonchev–Trinajstić information content (AvgIpc) is 2.83. The number of hydrogen-bond donors (Lipinski definition) is 3. The van der Waals surface area contributed by atoms with E-state index in [-0.39, 0.29) is 29.0 Å². The molecule has 0 aliphatic heterocycles. The Kier molecular flexibility index (Phi) is 5.06. The van der Waals surface area contributed by atoms with Crippen molar-refractivity contribution in [1.29, 1.82) is 0 Å². The van der Waals surface area contributed by atoms with Gasteiger partial charge in [-0.3, -0.25) is 0 Å². The lowest BCUT2D eigenvalue weighted by atomic mass is 9.97. The van der Waals surface area contributed by atoms with Gasteiger partial charge >= 0.3 is 0 Å². The molecule has 0 saturated heterocycles. The molecule has 0 heterocycles. The Morgan fingerprint density at radius 1 is 1.35 bits per heavy atom. The molecule has 1 saturated carbocycles. The van der Waals surface area contributed by atoms with E-state index in [1.807, 2.05) is 0 Å². The minimum absolute atomic E-state index is 0.0965. The van der Waals surface area contributed by atoms with Crippen LogP contribution in [0.2, 0.25) is 0 Å². The third-order valence-electron chi connectivity index (χ3n) is 3.85. The summed E-state index contributed by atoms with van der Waals surface area (Å²) in [6, 6.07) is 4.71. The van der Waals surface area contributed by atoms with Crippen molar-refractivity contribution >= 4 is 31.6 Å². The summed E-state index contributed by atoms with van der Waals surface area (Å²) in [6.45, 7) is 0.468. The lowest BCUT2D eigenvalue weighted by Crippen LogP contribution is -2.32. The molecule has 20 heavy (non-hydrogen) atoms. The topological polar surface area (TPSA) is 92.4 Å². The Hall–Kier alpha value is -0.630. The maximum atomic E-state index is 12.2. The SMILES string of the molecule is Nc1cc(Br)ccc1S(=O)(=O)NCC1CCCC1CO. The molecule has 1 aliphatic rings. The molecule has 1 aromatic rings. The number of benzene rings is 1. The van der Waals surface area contributed by atoms with Crippen molar-refractivity contribution in [3.05, 3.63) is 22.7 Å². The molecule has 0 radical (unpaired) electrons. The van der Waals surface area contributed by atoms with Crippen LogP contribution >= 0.6 is 15.9 Å². The molecule has 0 spiro atoms.